The van der Waals surface area contributed by atoms with E-state index in [1.165, 1.54) is 6.07 Å². The number of rotatable bonds is 6. The van der Waals surface area contributed by atoms with E-state index in [4.69, 9.17) is 5.73 Å². The summed E-state index contributed by atoms with van der Waals surface area (Å²) in [7, 11) is 0. The first-order chi connectivity index (χ1) is 7.63. The van der Waals surface area contributed by atoms with Gasteiger partial charge in [-0.15, -0.1) is 0 Å². The largest absolute Gasteiger partial charge is 0.434 e. The third kappa shape index (κ3) is 4.42. The second-order valence-corrected chi connectivity index (χ2v) is 4.01. The van der Waals surface area contributed by atoms with Gasteiger partial charge >= 0.3 is 6.61 Å². The molecule has 0 spiro atoms. The summed E-state index contributed by atoms with van der Waals surface area (Å²) < 4.78 is 29.5. The van der Waals surface area contributed by atoms with Gasteiger partial charge in [0.05, 0.1) is 0 Å². The molecule has 16 heavy (non-hydrogen) atoms. The summed E-state index contributed by atoms with van der Waals surface area (Å²) in [4.78, 5) is 0. The van der Waals surface area contributed by atoms with Gasteiger partial charge in [0, 0.05) is 29.7 Å². The molecule has 0 saturated heterocycles. The normalized spacial score (nSPS) is 10.8. The second kappa shape index (κ2) is 6.78. The van der Waals surface area contributed by atoms with E-state index in [0.717, 1.165) is 4.47 Å². The average molecular weight is 295 g/mol. The third-order valence-electron chi connectivity index (χ3n) is 1.88. The maximum atomic E-state index is 12.1. The summed E-state index contributed by atoms with van der Waals surface area (Å²) in [6.07, 6.45) is 0. The van der Waals surface area contributed by atoms with Gasteiger partial charge < -0.3 is 15.8 Å². The Morgan fingerprint density at radius 2 is 2.19 bits per heavy atom. The summed E-state index contributed by atoms with van der Waals surface area (Å²) >= 11 is 3.28. The van der Waals surface area contributed by atoms with Crippen molar-refractivity contribution in [1.82, 2.24) is 5.32 Å². The fourth-order valence-electron chi connectivity index (χ4n) is 1.22. The lowest BCUT2D eigenvalue weighted by Crippen LogP contribution is -2.22. The van der Waals surface area contributed by atoms with Crippen LogP contribution in [0, 0.1) is 0 Å². The van der Waals surface area contributed by atoms with Gasteiger partial charge in [-0.2, -0.15) is 8.78 Å². The van der Waals surface area contributed by atoms with E-state index in [2.05, 4.69) is 26.0 Å². The highest BCUT2D eigenvalue weighted by Crippen LogP contribution is 2.24. The van der Waals surface area contributed by atoms with Crippen molar-refractivity contribution in [3.63, 3.8) is 0 Å². The van der Waals surface area contributed by atoms with Crippen LogP contribution in [0.15, 0.2) is 22.7 Å². The van der Waals surface area contributed by atoms with E-state index >= 15 is 0 Å². The SMILES string of the molecule is NCCNCc1cc(Br)ccc1OC(F)F. The first-order valence-electron chi connectivity index (χ1n) is 4.77. The molecule has 0 amide bonds. The van der Waals surface area contributed by atoms with Crippen molar-refractivity contribution in [3.05, 3.63) is 28.2 Å². The number of nitrogens with one attached hydrogen (secondary N) is 1. The minimum absolute atomic E-state index is 0.183. The molecule has 3 nitrogen and oxygen atoms in total. The minimum Gasteiger partial charge on any atom is -0.434 e. The van der Waals surface area contributed by atoms with Crippen LogP contribution in [0.3, 0.4) is 0 Å². The van der Waals surface area contributed by atoms with Gasteiger partial charge in [-0.25, -0.2) is 0 Å². The van der Waals surface area contributed by atoms with E-state index in [9.17, 15) is 8.78 Å². The molecule has 90 valence electrons. The molecule has 1 aromatic carbocycles. The first kappa shape index (κ1) is 13.3. The fourth-order valence-corrected chi connectivity index (χ4v) is 1.63. The molecule has 6 heteroatoms. The Morgan fingerprint density at radius 3 is 2.81 bits per heavy atom. The Bertz CT molecular complexity index is 337. The van der Waals surface area contributed by atoms with E-state index in [-0.39, 0.29) is 5.75 Å². The Hall–Kier alpha value is -0.720. The number of halogens is 3. The topological polar surface area (TPSA) is 47.3 Å². The first-order valence-corrected chi connectivity index (χ1v) is 5.57. The van der Waals surface area contributed by atoms with Gasteiger partial charge in [0.25, 0.3) is 0 Å². The third-order valence-corrected chi connectivity index (χ3v) is 2.37. The van der Waals surface area contributed by atoms with Crippen molar-refractivity contribution in [3.8, 4) is 5.75 Å². The summed E-state index contributed by atoms with van der Waals surface area (Å²) in [6.45, 7) is -1.24. The van der Waals surface area contributed by atoms with Crippen LogP contribution in [0.4, 0.5) is 8.78 Å². The van der Waals surface area contributed by atoms with Crippen molar-refractivity contribution < 1.29 is 13.5 Å². The smallest absolute Gasteiger partial charge is 0.387 e. The molecule has 0 unspecified atom stereocenters. The molecule has 0 aliphatic carbocycles. The molecule has 0 bridgehead atoms. The second-order valence-electron chi connectivity index (χ2n) is 3.10. The predicted molar refractivity (Wildman–Crippen MR) is 61.5 cm³/mol. The van der Waals surface area contributed by atoms with Crippen molar-refractivity contribution in [2.75, 3.05) is 13.1 Å². The van der Waals surface area contributed by atoms with E-state index in [1.807, 2.05) is 0 Å². The molecule has 0 fully saturated rings. The van der Waals surface area contributed by atoms with E-state index < -0.39 is 6.61 Å². The lowest BCUT2D eigenvalue weighted by Gasteiger charge is -2.11. The van der Waals surface area contributed by atoms with Gasteiger partial charge in [-0.05, 0) is 18.2 Å². The number of alkyl halides is 2. The number of hydrogen-bond acceptors (Lipinski definition) is 3. The molecule has 0 heterocycles. The van der Waals surface area contributed by atoms with Crippen LogP contribution < -0.4 is 15.8 Å². The monoisotopic (exact) mass is 294 g/mol. The number of nitrogens with two attached hydrogens (primary N) is 1. The van der Waals surface area contributed by atoms with Gasteiger partial charge in [0.15, 0.2) is 0 Å². The van der Waals surface area contributed by atoms with Crippen molar-refractivity contribution >= 4 is 15.9 Å². The maximum absolute atomic E-state index is 12.1. The Labute approximate surface area is 101 Å². The van der Waals surface area contributed by atoms with Crippen LogP contribution in [0.1, 0.15) is 5.56 Å². The molecular weight excluding hydrogens is 282 g/mol. The van der Waals surface area contributed by atoms with Crippen LogP contribution >= 0.6 is 15.9 Å². The molecule has 0 aliphatic heterocycles. The number of ether oxygens (including phenoxy) is 1. The highest BCUT2D eigenvalue weighted by Gasteiger charge is 2.09. The van der Waals surface area contributed by atoms with E-state index in [1.54, 1.807) is 12.1 Å². The van der Waals surface area contributed by atoms with Crippen LogP contribution in [-0.4, -0.2) is 19.7 Å². The predicted octanol–water partition coefficient (Wildman–Crippen LogP) is 2.10. The molecule has 3 N–H and O–H groups in total. The fraction of sp³-hybridized carbons (Fsp3) is 0.400. The molecule has 1 aromatic rings. The van der Waals surface area contributed by atoms with Crippen molar-refractivity contribution in [2.24, 2.45) is 5.73 Å². The van der Waals surface area contributed by atoms with Crippen LogP contribution in [-0.2, 0) is 6.54 Å². The maximum Gasteiger partial charge on any atom is 0.387 e. The Kier molecular flexibility index (Phi) is 5.65. The molecule has 0 radical (unpaired) electrons. The quantitative estimate of drug-likeness (QED) is 0.790. The molecular formula is C10H13BrF2N2O. The van der Waals surface area contributed by atoms with Gasteiger partial charge in [0.2, 0.25) is 0 Å². The lowest BCUT2D eigenvalue weighted by atomic mass is 10.2. The van der Waals surface area contributed by atoms with Gasteiger partial charge in [0.1, 0.15) is 5.75 Å². The minimum atomic E-state index is -2.81. The highest BCUT2D eigenvalue weighted by atomic mass is 79.9. The van der Waals surface area contributed by atoms with Crippen LogP contribution in [0.25, 0.3) is 0 Å². The van der Waals surface area contributed by atoms with Crippen molar-refractivity contribution in [2.45, 2.75) is 13.2 Å². The zero-order chi connectivity index (χ0) is 12.0. The summed E-state index contributed by atoms with van der Waals surface area (Å²) in [5.41, 5.74) is 5.99. The van der Waals surface area contributed by atoms with E-state index in [0.29, 0.717) is 25.2 Å². The summed E-state index contributed by atoms with van der Waals surface area (Å²) in [6, 6.07) is 4.90. The summed E-state index contributed by atoms with van der Waals surface area (Å²) in [5, 5.41) is 3.02. The standard InChI is InChI=1S/C10H13BrF2N2O/c11-8-1-2-9(16-10(12)13)7(5-8)6-15-4-3-14/h1-2,5,10,15H,3-4,6,14H2. The molecule has 0 atom stereocenters. The molecule has 1 rings (SSSR count). The summed E-state index contributed by atoms with van der Waals surface area (Å²) in [5.74, 6) is 0.183. The number of hydrogen-bond donors (Lipinski definition) is 2. The Morgan fingerprint density at radius 1 is 1.44 bits per heavy atom. The zero-order valence-electron chi connectivity index (χ0n) is 8.55. The zero-order valence-corrected chi connectivity index (χ0v) is 10.1. The average Bonchev–Trinajstić information content (AvgIpc) is 2.22. The highest BCUT2D eigenvalue weighted by molar-refractivity contribution is 9.10. The van der Waals surface area contributed by atoms with Crippen molar-refractivity contribution in [1.29, 1.82) is 0 Å². The Balaban J connectivity index is 2.73. The van der Waals surface area contributed by atoms with Gasteiger partial charge in [-0.1, -0.05) is 15.9 Å². The molecule has 0 aliphatic rings. The molecule has 0 saturated carbocycles. The molecule has 0 aromatic heterocycles. The van der Waals surface area contributed by atoms with Crippen LogP contribution in [0.2, 0.25) is 0 Å². The number of benzene rings is 1. The van der Waals surface area contributed by atoms with Gasteiger partial charge in [-0.3, -0.25) is 0 Å². The van der Waals surface area contributed by atoms with Crippen LogP contribution in [0.5, 0.6) is 5.75 Å². The lowest BCUT2D eigenvalue weighted by molar-refractivity contribution is -0.0505.